The third-order valence-corrected chi connectivity index (χ3v) is 19.8. The van der Waals surface area contributed by atoms with Crippen molar-refractivity contribution in [2.45, 2.75) is 12.1 Å². The second-order valence-electron chi connectivity index (χ2n) is 24.3. The first-order valence-electron chi connectivity index (χ1n) is 31.4. The predicted molar refractivity (Wildman–Crippen MR) is 389 cm³/mol. The van der Waals surface area contributed by atoms with Crippen molar-refractivity contribution in [1.29, 1.82) is 0 Å². The first-order valence-corrected chi connectivity index (χ1v) is 32.2. The number of fused-ring (bicyclic) bond motifs is 9. The maximum Gasteiger partial charge on any atom is 0.115 e. The van der Waals surface area contributed by atoms with E-state index in [-0.39, 0.29) is 0 Å². The van der Waals surface area contributed by atoms with Crippen LogP contribution in [0.5, 0.6) is 0 Å². The van der Waals surface area contributed by atoms with Crippen molar-refractivity contribution in [3.8, 4) is 44.5 Å². The van der Waals surface area contributed by atoms with Crippen LogP contribution < -0.4 is 9.80 Å². The van der Waals surface area contributed by atoms with Gasteiger partial charge in [-0.25, -0.2) is 0 Å². The van der Waals surface area contributed by atoms with E-state index in [0.29, 0.717) is 16.7 Å². The zero-order chi connectivity index (χ0) is 61.7. The minimum atomic E-state index is -0.534. The van der Waals surface area contributed by atoms with E-state index in [1.54, 1.807) is 0 Å². The Labute approximate surface area is 546 Å². The second kappa shape index (κ2) is 22.3. The lowest BCUT2D eigenvalue weighted by atomic mass is 9.92. The van der Waals surface area contributed by atoms with Gasteiger partial charge in [-0.15, -0.1) is 0 Å². The quantitative estimate of drug-likeness (QED) is 0.127. The molecule has 4 aromatic heterocycles. The van der Waals surface area contributed by atoms with Gasteiger partial charge in [-0.05, 0) is 169 Å². The van der Waals surface area contributed by atoms with Gasteiger partial charge in [-0.3, -0.25) is 19.9 Å². The number of hydrogen-bond donors (Lipinski definition) is 0. The molecule has 6 nitrogen and oxygen atoms in total. The maximum absolute atomic E-state index is 7.27. The zero-order valence-corrected chi connectivity index (χ0v) is 51.7. The summed E-state index contributed by atoms with van der Waals surface area (Å²) in [6, 6.07) is 98.6. The van der Waals surface area contributed by atoms with Crippen LogP contribution in [0, 0.1) is 0 Å². The molecule has 0 spiro atoms. The van der Waals surface area contributed by atoms with E-state index in [1.165, 1.54) is 86.2 Å². The van der Waals surface area contributed by atoms with Gasteiger partial charge in [0.05, 0.1) is 50.9 Å². The lowest BCUT2D eigenvalue weighted by Crippen LogP contribution is -2.38. The number of pyridine rings is 4. The van der Waals surface area contributed by atoms with E-state index in [1.807, 2.05) is 36.9 Å². The van der Waals surface area contributed by atoms with E-state index in [4.69, 9.17) is 43.1 Å². The molecule has 5 heterocycles. The average molecular weight is 1230 g/mol. The molecule has 0 N–H and O–H groups in total. The zero-order valence-electron chi connectivity index (χ0n) is 50.2. The van der Waals surface area contributed by atoms with Crippen molar-refractivity contribution in [3.63, 3.8) is 0 Å². The number of nitrogens with zero attached hydrogens (tertiary/aromatic N) is 6. The van der Waals surface area contributed by atoms with Crippen LogP contribution >= 0.6 is 23.2 Å². The standard InChI is InChI=1S/C85H54Cl2N6/c86-72-45-78-79(46-73(72)87)93(85(76-39-35-62(49-90-76)82-68-29-13-5-21-56(68)43-57-22-6-14-30-69(57)82)77-40-36-63(50-91-77)83-70-31-15-7-23-58(70)44-59-24-8-16-32-71(59)83)51-92(78)84(74-37-33-60(47-88-74)80-64-25-9-1-17-52(64)41-53-18-2-10-26-65(53)80)75-38-34-61(48-89-75)81-66-27-11-3-19-54(66)42-55-20-4-12-28-67(55)81/h1-50,84-85H,51H2. The molecule has 1 aliphatic heterocycles. The van der Waals surface area contributed by atoms with Crippen molar-refractivity contribution >= 4 is 121 Å². The van der Waals surface area contributed by atoms with E-state index >= 15 is 0 Å². The van der Waals surface area contributed by atoms with Crippen molar-refractivity contribution in [1.82, 2.24) is 19.9 Å². The van der Waals surface area contributed by atoms with Gasteiger partial charge >= 0.3 is 0 Å². The molecule has 93 heavy (non-hydrogen) atoms. The van der Waals surface area contributed by atoms with Crippen LogP contribution in [0.2, 0.25) is 10.0 Å². The monoisotopic (exact) mass is 1230 g/mol. The molecule has 0 saturated carbocycles. The summed E-state index contributed by atoms with van der Waals surface area (Å²) < 4.78 is 0. The van der Waals surface area contributed by atoms with Gasteiger partial charge in [0.2, 0.25) is 0 Å². The number of benzene rings is 13. The molecule has 0 aliphatic carbocycles. The Hall–Kier alpha value is -11.3. The summed E-state index contributed by atoms with van der Waals surface area (Å²) >= 11 is 14.5. The number of anilines is 2. The molecular formula is C85H54Cl2N6. The third-order valence-electron chi connectivity index (χ3n) is 19.1. The highest BCUT2D eigenvalue weighted by molar-refractivity contribution is 6.42. The molecule has 0 atom stereocenters. The normalized spacial score (nSPS) is 12.5. The Morgan fingerprint density at radius 3 is 0.645 bits per heavy atom. The third kappa shape index (κ3) is 9.24. The average Bonchev–Trinajstić information content (AvgIpc) is 1.73. The molecule has 0 amide bonds. The van der Waals surface area contributed by atoms with E-state index in [0.717, 1.165) is 78.7 Å². The van der Waals surface area contributed by atoms with E-state index in [9.17, 15) is 0 Å². The summed E-state index contributed by atoms with van der Waals surface area (Å²) in [5.41, 5.74) is 13.6. The highest BCUT2D eigenvalue weighted by atomic mass is 35.5. The van der Waals surface area contributed by atoms with Gasteiger partial charge in [-0.1, -0.05) is 242 Å². The van der Waals surface area contributed by atoms with Crippen LogP contribution in [-0.2, 0) is 0 Å². The van der Waals surface area contributed by atoms with Crippen LogP contribution in [-0.4, -0.2) is 26.6 Å². The predicted octanol–water partition coefficient (Wildman–Crippen LogP) is 22.6. The summed E-state index contributed by atoms with van der Waals surface area (Å²) in [7, 11) is 0. The Morgan fingerprint density at radius 1 is 0.247 bits per heavy atom. The minimum absolute atomic E-state index is 0.352. The molecule has 8 heteroatoms. The van der Waals surface area contributed by atoms with Crippen LogP contribution in [0.3, 0.4) is 0 Å². The number of hydrogen-bond acceptors (Lipinski definition) is 6. The highest BCUT2D eigenvalue weighted by Gasteiger charge is 2.40. The lowest BCUT2D eigenvalue weighted by molar-refractivity contribution is 0.628. The molecule has 0 unspecified atom stereocenters. The van der Waals surface area contributed by atoms with E-state index < -0.39 is 12.1 Å². The molecule has 0 saturated heterocycles. The second-order valence-corrected chi connectivity index (χ2v) is 25.1. The molecular weight excluding hydrogens is 1180 g/mol. The summed E-state index contributed by atoms with van der Waals surface area (Å²) in [5, 5.41) is 19.6. The number of aromatic nitrogens is 4. The Morgan fingerprint density at radius 2 is 0.452 bits per heavy atom. The molecule has 0 radical (unpaired) electrons. The van der Waals surface area contributed by atoms with Gasteiger partial charge in [0.25, 0.3) is 0 Å². The number of halogens is 2. The molecule has 13 aromatic carbocycles. The van der Waals surface area contributed by atoms with Crippen LogP contribution in [0.1, 0.15) is 34.9 Å². The first-order chi connectivity index (χ1) is 45.9. The summed E-state index contributed by atoms with van der Waals surface area (Å²) in [5.74, 6) is 0. The summed E-state index contributed by atoms with van der Waals surface area (Å²) in [6.07, 6.45) is 8.15. The largest absolute Gasteiger partial charge is 0.338 e. The van der Waals surface area contributed by atoms with Crippen molar-refractivity contribution in [2.75, 3.05) is 16.5 Å². The molecule has 0 fully saturated rings. The number of rotatable bonds is 10. The topological polar surface area (TPSA) is 58.0 Å². The lowest BCUT2D eigenvalue weighted by Gasteiger charge is -2.33. The van der Waals surface area contributed by atoms with Gasteiger partial charge in [0, 0.05) is 47.0 Å². The fraction of sp³-hybridized carbons (Fsp3) is 0.0353. The molecule has 1 aliphatic rings. The smallest absolute Gasteiger partial charge is 0.115 e. The van der Waals surface area contributed by atoms with Crippen molar-refractivity contribution in [3.05, 3.63) is 337 Å². The maximum atomic E-state index is 7.27. The fourth-order valence-corrected chi connectivity index (χ4v) is 15.2. The summed E-state index contributed by atoms with van der Waals surface area (Å²) in [4.78, 5) is 26.9. The van der Waals surface area contributed by atoms with E-state index in [2.05, 4.69) is 277 Å². The van der Waals surface area contributed by atoms with Crippen LogP contribution in [0.4, 0.5) is 11.4 Å². The molecule has 18 rings (SSSR count). The SMILES string of the molecule is Clc1cc2c(cc1Cl)N(C(c1ccc(-c3c4ccccc4cc4ccccc34)cn1)c1ccc(-c3c4ccccc4cc4ccccc34)cn1)CN2C(c1ccc(-c2c3ccccc3cc3ccccc23)cn1)c1ccc(-c2c3ccccc3cc3ccccc23)cn1. The molecule has 0 bridgehead atoms. The van der Waals surface area contributed by atoms with Gasteiger partial charge in [0.15, 0.2) is 0 Å². The van der Waals surface area contributed by atoms with Gasteiger partial charge in [-0.2, -0.15) is 0 Å². The Kier molecular flexibility index (Phi) is 13.1. The molecule has 17 aromatic rings. The van der Waals surface area contributed by atoms with Crippen LogP contribution in [0.15, 0.2) is 304 Å². The molecule has 438 valence electrons. The Bertz CT molecular complexity index is 4940. The minimum Gasteiger partial charge on any atom is -0.338 e. The fourth-order valence-electron chi connectivity index (χ4n) is 14.8. The van der Waals surface area contributed by atoms with Crippen molar-refractivity contribution < 1.29 is 0 Å². The van der Waals surface area contributed by atoms with Crippen molar-refractivity contribution in [2.24, 2.45) is 0 Å². The van der Waals surface area contributed by atoms with Gasteiger partial charge in [0.1, 0.15) is 12.1 Å². The summed E-state index contributed by atoms with van der Waals surface area (Å²) in [6.45, 7) is 0.352. The first kappa shape index (κ1) is 54.6. The van der Waals surface area contributed by atoms with Gasteiger partial charge < -0.3 is 9.80 Å². The highest BCUT2D eigenvalue weighted by Crippen LogP contribution is 2.51. The Balaban J connectivity index is 0.820. The van der Waals surface area contributed by atoms with Crippen LogP contribution in [0.25, 0.3) is 131 Å².